The summed E-state index contributed by atoms with van der Waals surface area (Å²) in [6.07, 6.45) is 3.14. The molecule has 1 fully saturated rings. The fraction of sp³-hybridized carbons (Fsp3) is 0.400. The Hall–Kier alpha value is -3.60. The zero-order chi connectivity index (χ0) is 25.4. The number of aliphatic hydroxyl groups excluding tert-OH is 1. The molecule has 0 spiro atoms. The van der Waals surface area contributed by atoms with Crippen LogP contribution in [0.15, 0.2) is 30.6 Å². The first-order valence-corrected chi connectivity index (χ1v) is 11.9. The van der Waals surface area contributed by atoms with Gasteiger partial charge in [0.05, 0.1) is 36.4 Å². The van der Waals surface area contributed by atoms with Gasteiger partial charge in [-0.15, -0.1) is 0 Å². The predicted octanol–water partition coefficient (Wildman–Crippen LogP) is 4.27. The number of hydrogen-bond acceptors (Lipinski definition) is 8. The van der Waals surface area contributed by atoms with Crippen LogP contribution in [0.5, 0.6) is 5.75 Å². The van der Waals surface area contributed by atoms with Crippen LogP contribution in [0.3, 0.4) is 0 Å². The summed E-state index contributed by atoms with van der Waals surface area (Å²) in [4.78, 5) is 16.2. The largest absolute Gasteiger partial charge is 0.486 e. The Bertz CT molecular complexity index is 1270. The molecule has 0 aliphatic carbocycles. The fourth-order valence-electron chi connectivity index (χ4n) is 4.55. The molecule has 2 aromatic heterocycles. The van der Waals surface area contributed by atoms with Gasteiger partial charge in [-0.05, 0) is 38.8 Å². The molecule has 36 heavy (non-hydrogen) atoms. The van der Waals surface area contributed by atoms with Crippen molar-refractivity contribution in [3.8, 4) is 17.0 Å². The molecule has 3 aromatic rings. The molecule has 0 bridgehead atoms. The second-order valence-electron chi connectivity index (χ2n) is 9.20. The maximum absolute atomic E-state index is 14.9. The zero-order valence-corrected chi connectivity index (χ0v) is 20.0. The summed E-state index contributed by atoms with van der Waals surface area (Å²) in [5.41, 5.74) is 0.998. The third kappa shape index (κ3) is 4.75. The van der Waals surface area contributed by atoms with E-state index in [0.717, 1.165) is 6.20 Å². The van der Waals surface area contributed by atoms with Gasteiger partial charge in [0.2, 0.25) is 5.95 Å². The molecule has 0 radical (unpaired) electrons. The van der Waals surface area contributed by atoms with Gasteiger partial charge >= 0.3 is 0 Å². The molecule has 2 aliphatic heterocycles. The monoisotopic (exact) mass is 500 g/mol. The van der Waals surface area contributed by atoms with E-state index >= 15 is 0 Å². The number of rotatable bonds is 5. The fourth-order valence-corrected chi connectivity index (χ4v) is 4.55. The summed E-state index contributed by atoms with van der Waals surface area (Å²) in [5.74, 6) is -1.56. The van der Waals surface area contributed by atoms with Crippen molar-refractivity contribution in [2.75, 3.05) is 41.4 Å². The van der Waals surface area contributed by atoms with Crippen LogP contribution in [0.1, 0.15) is 26.7 Å². The van der Waals surface area contributed by atoms with E-state index in [1.54, 1.807) is 6.07 Å². The van der Waals surface area contributed by atoms with Crippen molar-refractivity contribution < 1.29 is 23.0 Å². The Balaban J connectivity index is 1.41. The van der Waals surface area contributed by atoms with E-state index in [0.29, 0.717) is 50.5 Å². The smallest absolute Gasteiger partial charge is 0.229 e. The second-order valence-corrected chi connectivity index (χ2v) is 9.20. The van der Waals surface area contributed by atoms with Crippen molar-refractivity contribution in [1.82, 2.24) is 15.0 Å². The Kier molecular flexibility index (Phi) is 6.57. The van der Waals surface area contributed by atoms with E-state index in [9.17, 15) is 18.3 Å². The number of piperidine rings is 1. The highest BCUT2D eigenvalue weighted by Crippen LogP contribution is 2.39. The summed E-state index contributed by atoms with van der Waals surface area (Å²) < 4.78 is 50.0. The number of aromatic nitrogens is 3. The SMILES string of the molecule is CC(C)N1CCOc2c(F)cc(-c3nc(Nc4cc(F)c(N5CCC(O)CC5)cn4)ncc3F)cc21. The Morgan fingerprint density at radius 2 is 1.75 bits per heavy atom. The predicted molar refractivity (Wildman–Crippen MR) is 130 cm³/mol. The van der Waals surface area contributed by atoms with E-state index in [1.807, 2.05) is 23.6 Å². The topological polar surface area (TPSA) is 86.6 Å². The van der Waals surface area contributed by atoms with Crippen LogP contribution in [-0.4, -0.2) is 58.4 Å². The summed E-state index contributed by atoms with van der Waals surface area (Å²) >= 11 is 0. The first kappa shape index (κ1) is 24.1. The Labute approximate surface area is 206 Å². The second kappa shape index (κ2) is 9.81. The van der Waals surface area contributed by atoms with Crippen molar-refractivity contribution >= 4 is 23.1 Å². The maximum atomic E-state index is 14.9. The molecule has 1 saturated heterocycles. The zero-order valence-electron chi connectivity index (χ0n) is 20.0. The molecular formula is C25H27F3N6O2. The van der Waals surface area contributed by atoms with E-state index < -0.39 is 17.5 Å². The van der Waals surface area contributed by atoms with Gasteiger partial charge in [-0.2, -0.15) is 0 Å². The minimum atomic E-state index is -0.727. The molecule has 2 N–H and O–H groups in total. The number of fused-ring (bicyclic) bond motifs is 1. The molecule has 11 heteroatoms. The van der Waals surface area contributed by atoms with Gasteiger partial charge in [0.15, 0.2) is 23.2 Å². The Morgan fingerprint density at radius 3 is 2.47 bits per heavy atom. The third-order valence-electron chi connectivity index (χ3n) is 6.43. The molecule has 5 rings (SSSR count). The molecule has 8 nitrogen and oxygen atoms in total. The summed E-state index contributed by atoms with van der Waals surface area (Å²) in [5, 5.41) is 12.5. The van der Waals surface area contributed by atoms with Crippen molar-refractivity contribution in [3.63, 3.8) is 0 Å². The van der Waals surface area contributed by atoms with Crippen LogP contribution in [-0.2, 0) is 0 Å². The van der Waals surface area contributed by atoms with Crippen molar-refractivity contribution in [2.45, 2.75) is 38.8 Å². The van der Waals surface area contributed by atoms with Gasteiger partial charge in [0.25, 0.3) is 0 Å². The quantitative estimate of drug-likeness (QED) is 0.537. The minimum Gasteiger partial charge on any atom is -0.486 e. The lowest BCUT2D eigenvalue weighted by molar-refractivity contribution is 0.145. The molecule has 1 aromatic carbocycles. The molecule has 4 heterocycles. The number of hydrogen-bond donors (Lipinski definition) is 2. The average molecular weight is 501 g/mol. The lowest BCUT2D eigenvalue weighted by Gasteiger charge is -2.34. The molecule has 190 valence electrons. The van der Waals surface area contributed by atoms with E-state index in [-0.39, 0.29) is 40.9 Å². The van der Waals surface area contributed by atoms with Crippen LogP contribution in [0.4, 0.5) is 36.3 Å². The van der Waals surface area contributed by atoms with Crippen molar-refractivity contribution in [3.05, 3.63) is 48.0 Å². The highest BCUT2D eigenvalue weighted by molar-refractivity contribution is 5.73. The number of halogens is 3. The number of nitrogens with one attached hydrogen (secondary N) is 1. The molecule has 0 saturated carbocycles. The number of nitrogens with zero attached hydrogens (tertiary/aromatic N) is 5. The van der Waals surface area contributed by atoms with Crippen LogP contribution in [0.25, 0.3) is 11.3 Å². The molecular weight excluding hydrogens is 473 g/mol. The lowest BCUT2D eigenvalue weighted by atomic mass is 10.1. The normalized spacial score (nSPS) is 16.2. The molecule has 0 atom stereocenters. The van der Waals surface area contributed by atoms with Gasteiger partial charge in [-0.1, -0.05) is 0 Å². The van der Waals surface area contributed by atoms with Gasteiger partial charge in [0.1, 0.15) is 18.1 Å². The third-order valence-corrected chi connectivity index (χ3v) is 6.43. The summed E-state index contributed by atoms with van der Waals surface area (Å²) in [7, 11) is 0. The van der Waals surface area contributed by atoms with E-state index in [1.165, 1.54) is 18.3 Å². The summed E-state index contributed by atoms with van der Waals surface area (Å²) in [6.45, 7) is 5.98. The number of benzene rings is 1. The molecule has 2 aliphatic rings. The van der Waals surface area contributed by atoms with Crippen LogP contribution in [0.2, 0.25) is 0 Å². The first-order chi connectivity index (χ1) is 17.3. The van der Waals surface area contributed by atoms with Crippen LogP contribution in [0, 0.1) is 17.5 Å². The first-order valence-electron chi connectivity index (χ1n) is 11.9. The van der Waals surface area contributed by atoms with E-state index in [2.05, 4.69) is 20.3 Å². The molecule has 0 amide bonds. The highest BCUT2D eigenvalue weighted by Gasteiger charge is 2.26. The number of ether oxygens (including phenoxy) is 1. The van der Waals surface area contributed by atoms with Crippen molar-refractivity contribution in [1.29, 1.82) is 0 Å². The van der Waals surface area contributed by atoms with Gasteiger partial charge < -0.3 is 25.0 Å². The Morgan fingerprint density at radius 1 is 0.972 bits per heavy atom. The lowest BCUT2D eigenvalue weighted by Crippen LogP contribution is -2.38. The van der Waals surface area contributed by atoms with E-state index in [4.69, 9.17) is 4.74 Å². The molecule has 0 unspecified atom stereocenters. The number of pyridine rings is 1. The van der Waals surface area contributed by atoms with Crippen LogP contribution >= 0.6 is 0 Å². The van der Waals surface area contributed by atoms with Gasteiger partial charge in [-0.3, -0.25) is 0 Å². The van der Waals surface area contributed by atoms with Gasteiger partial charge in [-0.25, -0.2) is 28.1 Å². The average Bonchev–Trinajstić information content (AvgIpc) is 2.85. The number of anilines is 4. The van der Waals surface area contributed by atoms with Gasteiger partial charge in [0, 0.05) is 30.8 Å². The summed E-state index contributed by atoms with van der Waals surface area (Å²) in [6, 6.07) is 4.13. The highest BCUT2D eigenvalue weighted by atomic mass is 19.1. The maximum Gasteiger partial charge on any atom is 0.229 e. The minimum absolute atomic E-state index is 0.0118. The number of aliphatic hydroxyl groups is 1. The van der Waals surface area contributed by atoms with Crippen LogP contribution < -0.4 is 19.9 Å². The van der Waals surface area contributed by atoms with Crippen molar-refractivity contribution in [2.24, 2.45) is 0 Å². The standard InChI is InChI=1S/C25H27F3N6O2/c1-14(2)34-7-8-36-24-18(27)9-15(10-20(24)34)23-19(28)12-30-25(32-23)31-22-11-17(26)21(13-29-22)33-5-3-16(35)4-6-33/h9-14,16,35H,3-8H2,1-2H3,(H,29,30,31,32).